The Morgan fingerprint density at radius 3 is 2.38 bits per heavy atom. The van der Waals surface area contributed by atoms with Crippen molar-refractivity contribution in [3.63, 3.8) is 0 Å². The van der Waals surface area contributed by atoms with Gasteiger partial charge in [-0.25, -0.2) is 9.18 Å². The Balaban J connectivity index is 1.37. The summed E-state index contributed by atoms with van der Waals surface area (Å²) in [4.78, 5) is 40.3. The highest BCUT2D eigenvalue weighted by Crippen LogP contribution is 2.38. The maximum Gasteiger partial charge on any atom is 0.341 e. The number of amides is 1. The van der Waals surface area contributed by atoms with Gasteiger partial charge >= 0.3 is 5.97 Å². The second-order valence-electron chi connectivity index (χ2n) is 8.69. The van der Waals surface area contributed by atoms with Gasteiger partial charge in [-0.1, -0.05) is 30.3 Å². The lowest BCUT2D eigenvalue weighted by Gasteiger charge is -2.36. The number of carbonyl (C=O) groups excluding carboxylic acids is 1. The number of aromatic nitrogens is 1. The van der Waals surface area contributed by atoms with Gasteiger partial charge in [0.25, 0.3) is 0 Å². The molecule has 3 aromatic rings. The summed E-state index contributed by atoms with van der Waals surface area (Å²) in [6.45, 7) is 1.80. The van der Waals surface area contributed by atoms with Crippen LogP contribution in [0.1, 0.15) is 34.8 Å². The van der Waals surface area contributed by atoms with Gasteiger partial charge in [0.15, 0.2) is 0 Å². The van der Waals surface area contributed by atoms with Crippen molar-refractivity contribution in [1.29, 1.82) is 0 Å². The van der Waals surface area contributed by atoms with E-state index in [0.717, 1.165) is 24.5 Å². The van der Waals surface area contributed by atoms with E-state index in [4.69, 9.17) is 0 Å². The molecule has 8 heteroatoms. The van der Waals surface area contributed by atoms with E-state index in [1.54, 1.807) is 27.7 Å². The van der Waals surface area contributed by atoms with Gasteiger partial charge in [0.1, 0.15) is 11.4 Å². The van der Waals surface area contributed by atoms with Crippen molar-refractivity contribution in [1.82, 2.24) is 9.47 Å². The van der Waals surface area contributed by atoms with Crippen molar-refractivity contribution in [2.24, 2.45) is 0 Å². The van der Waals surface area contributed by atoms with Crippen LogP contribution in [0.4, 0.5) is 10.1 Å². The van der Waals surface area contributed by atoms with Crippen molar-refractivity contribution >= 4 is 34.5 Å². The van der Waals surface area contributed by atoms with E-state index >= 15 is 4.39 Å². The van der Waals surface area contributed by atoms with Crippen LogP contribution in [-0.2, 0) is 4.79 Å². The van der Waals surface area contributed by atoms with E-state index < -0.39 is 17.2 Å². The molecule has 1 saturated carbocycles. The molecule has 2 fully saturated rings. The zero-order chi connectivity index (χ0) is 23.8. The minimum atomic E-state index is -1.31. The molecule has 0 atom stereocenters. The fourth-order valence-electron chi connectivity index (χ4n) is 4.41. The van der Waals surface area contributed by atoms with Crippen LogP contribution in [0.3, 0.4) is 0 Å². The second kappa shape index (κ2) is 8.78. The molecule has 174 valence electrons. The Morgan fingerprint density at radius 2 is 1.74 bits per heavy atom. The normalized spacial score (nSPS) is 16.4. The molecule has 0 unspecified atom stereocenters. The first-order valence-electron chi connectivity index (χ1n) is 11.3. The Labute approximate surface area is 195 Å². The summed E-state index contributed by atoms with van der Waals surface area (Å²) >= 11 is 0. The number of hydrogen-bond donors (Lipinski definition) is 1. The predicted molar refractivity (Wildman–Crippen MR) is 128 cm³/mol. The summed E-state index contributed by atoms with van der Waals surface area (Å²) < 4.78 is 16.9. The number of aromatic carboxylic acids is 1. The lowest BCUT2D eigenvalue weighted by atomic mass is 10.1. The van der Waals surface area contributed by atoms with E-state index in [1.165, 1.54) is 6.20 Å². The van der Waals surface area contributed by atoms with E-state index in [-0.39, 0.29) is 22.9 Å². The number of benzene rings is 2. The average molecular weight is 461 g/mol. The molecule has 34 heavy (non-hydrogen) atoms. The van der Waals surface area contributed by atoms with Gasteiger partial charge in [-0.15, -0.1) is 0 Å². The number of halogens is 1. The number of pyridine rings is 1. The van der Waals surface area contributed by atoms with E-state index in [9.17, 15) is 19.5 Å². The predicted octanol–water partition coefficient (Wildman–Crippen LogP) is 3.54. The van der Waals surface area contributed by atoms with Gasteiger partial charge in [-0.05, 0) is 36.6 Å². The molecule has 0 bridgehead atoms. The molecule has 1 aromatic heterocycles. The first-order valence-corrected chi connectivity index (χ1v) is 11.3. The molecule has 1 N–H and O–H groups in total. The van der Waals surface area contributed by atoms with E-state index in [0.29, 0.717) is 37.4 Å². The van der Waals surface area contributed by atoms with Crippen LogP contribution >= 0.6 is 0 Å². The fraction of sp³-hybridized carbons (Fsp3) is 0.269. The summed E-state index contributed by atoms with van der Waals surface area (Å²) in [7, 11) is 0. The summed E-state index contributed by atoms with van der Waals surface area (Å²) in [5, 5.41) is 9.48. The Morgan fingerprint density at radius 1 is 1.03 bits per heavy atom. The molecular formula is C26H24FN3O4. The number of carboxylic acid groups (broad SMARTS) is 1. The van der Waals surface area contributed by atoms with Crippen molar-refractivity contribution in [3.05, 3.63) is 81.9 Å². The maximum atomic E-state index is 15.1. The molecule has 0 radical (unpaired) electrons. The van der Waals surface area contributed by atoms with E-state index in [2.05, 4.69) is 0 Å². The third kappa shape index (κ3) is 4.19. The molecule has 0 spiro atoms. The standard InChI is InChI=1S/C26H24FN3O4/c27-21-14-19-22(30(18-7-8-18)16-20(25(19)32)26(33)34)15-23(21)28-10-12-29(13-11-28)24(31)9-6-17-4-2-1-3-5-17/h1-6,9,14-16,18H,7-8,10-13H2,(H,33,34)/b9-6+. The lowest BCUT2D eigenvalue weighted by Crippen LogP contribution is -2.48. The molecule has 2 aromatic carbocycles. The number of fused-ring (bicyclic) bond motifs is 1. The highest BCUT2D eigenvalue weighted by Gasteiger charge is 2.28. The largest absolute Gasteiger partial charge is 0.477 e. The Hall–Kier alpha value is -3.94. The summed E-state index contributed by atoms with van der Waals surface area (Å²) in [6.07, 6.45) is 6.49. The average Bonchev–Trinajstić information content (AvgIpc) is 3.69. The minimum absolute atomic E-state index is 0.0768. The Kier molecular flexibility index (Phi) is 5.65. The van der Waals surface area contributed by atoms with Crippen LogP contribution in [-0.4, -0.2) is 52.6 Å². The number of carboxylic acids is 1. The second-order valence-corrected chi connectivity index (χ2v) is 8.69. The van der Waals surface area contributed by atoms with Crippen LogP contribution in [0.5, 0.6) is 0 Å². The maximum absolute atomic E-state index is 15.1. The number of rotatable bonds is 5. The summed E-state index contributed by atoms with van der Waals surface area (Å²) in [5.41, 5.74) is 0.822. The molecule has 1 amide bonds. The third-order valence-corrected chi connectivity index (χ3v) is 6.42. The molecule has 1 aliphatic carbocycles. The van der Waals surface area contributed by atoms with Crippen molar-refractivity contribution < 1.29 is 19.1 Å². The number of piperazine rings is 1. The molecule has 2 aliphatic rings. The topological polar surface area (TPSA) is 82.8 Å². The fourth-order valence-corrected chi connectivity index (χ4v) is 4.41. The quantitative estimate of drug-likeness (QED) is 0.588. The highest BCUT2D eigenvalue weighted by molar-refractivity contribution is 5.94. The first-order chi connectivity index (χ1) is 16.4. The molecular weight excluding hydrogens is 437 g/mol. The number of nitrogens with zero attached hydrogens (tertiary/aromatic N) is 3. The lowest BCUT2D eigenvalue weighted by molar-refractivity contribution is -0.126. The number of anilines is 1. The van der Waals surface area contributed by atoms with Gasteiger partial charge < -0.3 is 19.5 Å². The summed E-state index contributed by atoms with van der Waals surface area (Å²) in [5.74, 6) is -1.97. The molecule has 7 nitrogen and oxygen atoms in total. The third-order valence-electron chi connectivity index (χ3n) is 6.42. The van der Waals surface area contributed by atoms with Crippen molar-refractivity contribution in [3.8, 4) is 0 Å². The van der Waals surface area contributed by atoms with E-state index in [1.807, 2.05) is 35.2 Å². The van der Waals surface area contributed by atoms with Crippen LogP contribution in [0, 0.1) is 5.82 Å². The van der Waals surface area contributed by atoms with Gasteiger partial charge in [0, 0.05) is 49.9 Å². The summed E-state index contributed by atoms with van der Waals surface area (Å²) in [6, 6.07) is 12.5. The molecule has 1 aliphatic heterocycles. The van der Waals surface area contributed by atoms with Crippen LogP contribution in [0.25, 0.3) is 17.0 Å². The van der Waals surface area contributed by atoms with Gasteiger partial charge in [0.2, 0.25) is 11.3 Å². The van der Waals surface area contributed by atoms with Gasteiger partial charge in [-0.3, -0.25) is 9.59 Å². The number of hydrogen-bond acceptors (Lipinski definition) is 4. The molecule has 2 heterocycles. The molecule has 5 rings (SSSR count). The zero-order valence-electron chi connectivity index (χ0n) is 18.5. The van der Waals surface area contributed by atoms with Crippen LogP contribution < -0.4 is 10.3 Å². The zero-order valence-corrected chi connectivity index (χ0v) is 18.5. The minimum Gasteiger partial charge on any atom is -0.477 e. The van der Waals surface area contributed by atoms with Crippen molar-refractivity contribution in [2.75, 3.05) is 31.1 Å². The smallest absolute Gasteiger partial charge is 0.341 e. The van der Waals surface area contributed by atoms with Crippen LogP contribution in [0.15, 0.2) is 59.5 Å². The molecule has 1 saturated heterocycles. The van der Waals surface area contributed by atoms with Crippen LogP contribution in [0.2, 0.25) is 0 Å². The highest BCUT2D eigenvalue weighted by atomic mass is 19.1. The SMILES string of the molecule is O=C(O)c1cn(C2CC2)c2cc(N3CCN(C(=O)/C=C/c4ccccc4)CC3)c(F)cc2c1=O. The van der Waals surface area contributed by atoms with Gasteiger partial charge in [0.05, 0.1) is 11.2 Å². The Bertz CT molecular complexity index is 1350. The monoisotopic (exact) mass is 461 g/mol. The van der Waals surface area contributed by atoms with Crippen molar-refractivity contribution in [2.45, 2.75) is 18.9 Å². The van der Waals surface area contributed by atoms with Gasteiger partial charge in [-0.2, -0.15) is 0 Å². The first kappa shape index (κ1) is 21.9. The number of carbonyl (C=O) groups is 2.